The predicted octanol–water partition coefficient (Wildman–Crippen LogP) is 2.59. The molecule has 0 aromatic heterocycles. The van der Waals surface area contributed by atoms with Crippen molar-refractivity contribution >= 4 is 0 Å². The number of hydrogen-bond donors (Lipinski definition) is 1. The summed E-state index contributed by atoms with van der Waals surface area (Å²) in [6.45, 7) is 7.88. The van der Waals surface area contributed by atoms with E-state index in [1.54, 1.807) is 6.92 Å². The van der Waals surface area contributed by atoms with E-state index < -0.39 is 5.60 Å². The predicted molar refractivity (Wildman–Crippen MR) is 52.8 cm³/mol. The first-order valence-electron chi connectivity index (χ1n) is 4.57. The van der Waals surface area contributed by atoms with Crippen LogP contribution >= 0.6 is 0 Å². The van der Waals surface area contributed by atoms with E-state index in [-0.39, 0.29) is 5.41 Å². The molecule has 70 valence electrons. The van der Waals surface area contributed by atoms with E-state index in [0.717, 1.165) is 19.3 Å². The molecule has 0 aliphatic carbocycles. The first-order valence-corrected chi connectivity index (χ1v) is 4.57. The van der Waals surface area contributed by atoms with Crippen molar-refractivity contribution in [2.24, 2.45) is 5.41 Å². The topological polar surface area (TPSA) is 20.2 Å². The lowest BCUT2D eigenvalue weighted by Crippen LogP contribution is -2.40. The highest BCUT2D eigenvalue weighted by Gasteiger charge is 2.36. The summed E-state index contributed by atoms with van der Waals surface area (Å²) in [4.78, 5) is 0. The smallest absolute Gasteiger partial charge is 0.127 e. The van der Waals surface area contributed by atoms with Crippen LogP contribution in [-0.4, -0.2) is 10.7 Å². The van der Waals surface area contributed by atoms with Crippen LogP contribution in [0.25, 0.3) is 0 Å². The lowest BCUT2D eigenvalue weighted by molar-refractivity contribution is -0.00533. The molecule has 1 unspecified atom stereocenters. The van der Waals surface area contributed by atoms with Crippen LogP contribution in [0.15, 0.2) is 0 Å². The van der Waals surface area contributed by atoms with Crippen LogP contribution in [0.1, 0.15) is 47.0 Å². The van der Waals surface area contributed by atoms with E-state index in [1.807, 2.05) is 13.8 Å². The third kappa shape index (κ3) is 2.53. The Morgan fingerprint density at radius 2 is 1.83 bits per heavy atom. The molecule has 0 aromatic carbocycles. The fraction of sp³-hybridized carbons (Fsp3) is 0.818. The maximum absolute atomic E-state index is 9.84. The zero-order valence-corrected chi connectivity index (χ0v) is 8.65. The molecule has 0 saturated carbocycles. The molecule has 1 atom stereocenters. The quantitative estimate of drug-likeness (QED) is 0.640. The molecule has 0 radical (unpaired) electrons. The van der Waals surface area contributed by atoms with Crippen LogP contribution in [0, 0.1) is 17.8 Å². The van der Waals surface area contributed by atoms with E-state index in [2.05, 4.69) is 12.8 Å². The second-order valence-electron chi connectivity index (χ2n) is 4.20. The third-order valence-electron chi connectivity index (χ3n) is 2.75. The molecule has 1 nitrogen and oxygen atoms in total. The van der Waals surface area contributed by atoms with Gasteiger partial charge in [0.25, 0.3) is 0 Å². The molecule has 0 saturated heterocycles. The normalized spacial score (nSPS) is 16.7. The second kappa shape index (κ2) is 3.96. The lowest BCUT2D eigenvalue weighted by Gasteiger charge is -2.36. The van der Waals surface area contributed by atoms with Gasteiger partial charge in [0.05, 0.1) is 0 Å². The fourth-order valence-electron chi connectivity index (χ4n) is 1.06. The molecule has 0 heterocycles. The number of aliphatic hydroxyl groups is 1. The monoisotopic (exact) mass is 168 g/mol. The summed E-state index contributed by atoms with van der Waals surface area (Å²) in [7, 11) is 0. The van der Waals surface area contributed by atoms with Gasteiger partial charge in [0.2, 0.25) is 0 Å². The van der Waals surface area contributed by atoms with Crippen molar-refractivity contribution in [2.75, 3.05) is 0 Å². The summed E-state index contributed by atoms with van der Waals surface area (Å²) in [6.07, 6.45) is 8.50. The number of hydrogen-bond acceptors (Lipinski definition) is 1. The summed E-state index contributed by atoms with van der Waals surface area (Å²) >= 11 is 0. The van der Waals surface area contributed by atoms with Gasteiger partial charge in [-0.2, -0.15) is 0 Å². The summed E-state index contributed by atoms with van der Waals surface area (Å²) in [5.41, 5.74) is -1.17. The summed E-state index contributed by atoms with van der Waals surface area (Å²) in [5.74, 6) is 2.45. The molecule has 1 N–H and O–H groups in total. The first kappa shape index (κ1) is 11.5. The summed E-state index contributed by atoms with van der Waals surface area (Å²) < 4.78 is 0. The molecule has 0 bridgehead atoms. The Balaban J connectivity index is 4.30. The van der Waals surface area contributed by atoms with Crippen LogP contribution in [-0.2, 0) is 0 Å². The Labute approximate surface area is 76.2 Å². The minimum atomic E-state index is -0.984. The maximum Gasteiger partial charge on any atom is 0.127 e. The van der Waals surface area contributed by atoms with Gasteiger partial charge in [-0.25, -0.2) is 0 Å². The largest absolute Gasteiger partial charge is 0.377 e. The summed E-state index contributed by atoms with van der Waals surface area (Å²) in [5, 5.41) is 9.84. The van der Waals surface area contributed by atoms with Gasteiger partial charge in [-0.15, -0.1) is 6.42 Å². The van der Waals surface area contributed by atoms with Crippen LogP contribution in [0.3, 0.4) is 0 Å². The van der Waals surface area contributed by atoms with E-state index in [9.17, 15) is 5.11 Å². The molecular formula is C11H20O. The highest BCUT2D eigenvalue weighted by Crippen LogP contribution is 2.35. The van der Waals surface area contributed by atoms with E-state index in [0.29, 0.717) is 0 Å². The van der Waals surface area contributed by atoms with Crippen molar-refractivity contribution in [1.82, 2.24) is 0 Å². The number of terminal acetylenes is 1. The van der Waals surface area contributed by atoms with Gasteiger partial charge >= 0.3 is 0 Å². The highest BCUT2D eigenvalue weighted by molar-refractivity contribution is 5.11. The first-order chi connectivity index (χ1) is 5.37. The molecule has 12 heavy (non-hydrogen) atoms. The van der Waals surface area contributed by atoms with Gasteiger partial charge in [-0.05, 0) is 13.3 Å². The molecular weight excluding hydrogens is 148 g/mol. The molecule has 0 spiro atoms. The Morgan fingerprint density at radius 3 is 2.17 bits per heavy atom. The molecule has 0 aliphatic rings. The average molecular weight is 168 g/mol. The number of unbranched alkanes of at least 4 members (excludes halogenated alkanes) is 1. The molecule has 1 heteroatoms. The zero-order chi connectivity index (χ0) is 9.83. The highest BCUT2D eigenvalue weighted by atomic mass is 16.3. The number of rotatable bonds is 4. The van der Waals surface area contributed by atoms with Crippen molar-refractivity contribution in [3.63, 3.8) is 0 Å². The van der Waals surface area contributed by atoms with Crippen LogP contribution in [0.4, 0.5) is 0 Å². The van der Waals surface area contributed by atoms with Gasteiger partial charge in [-0.3, -0.25) is 0 Å². The molecule has 0 amide bonds. The van der Waals surface area contributed by atoms with Crippen molar-refractivity contribution in [3.8, 4) is 12.3 Å². The van der Waals surface area contributed by atoms with Crippen molar-refractivity contribution in [2.45, 2.75) is 52.6 Å². The maximum atomic E-state index is 9.84. The van der Waals surface area contributed by atoms with Crippen LogP contribution < -0.4 is 0 Å². The van der Waals surface area contributed by atoms with E-state index in [1.165, 1.54) is 0 Å². The van der Waals surface area contributed by atoms with Gasteiger partial charge in [0, 0.05) is 5.41 Å². The SMILES string of the molecule is C#CC(C)(O)C(C)(C)CCCC. The van der Waals surface area contributed by atoms with E-state index >= 15 is 0 Å². The Hall–Kier alpha value is -0.480. The standard InChI is InChI=1S/C11H20O/c1-6-8-9-10(3,4)11(5,12)7-2/h2,12H,6,8-9H2,1,3-5H3. The Morgan fingerprint density at radius 1 is 1.33 bits per heavy atom. The van der Waals surface area contributed by atoms with Gasteiger partial charge in [0.1, 0.15) is 5.60 Å². The van der Waals surface area contributed by atoms with E-state index in [4.69, 9.17) is 6.42 Å². The van der Waals surface area contributed by atoms with Gasteiger partial charge < -0.3 is 5.11 Å². The van der Waals surface area contributed by atoms with Gasteiger partial charge in [0.15, 0.2) is 0 Å². The molecule has 0 rings (SSSR count). The second-order valence-corrected chi connectivity index (χ2v) is 4.20. The molecule has 0 aromatic rings. The fourth-order valence-corrected chi connectivity index (χ4v) is 1.06. The Kier molecular flexibility index (Phi) is 3.80. The zero-order valence-electron chi connectivity index (χ0n) is 8.65. The molecule has 0 aliphatic heterocycles. The van der Waals surface area contributed by atoms with Crippen LogP contribution in [0.5, 0.6) is 0 Å². The minimum Gasteiger partial charge on any atom is -0.377 e. The van der Waals surface area contributed by atoms with Gasteiger partial charge in [-0.1, -0.05) is 39.5 Å². The summed E-state index contributed by atoms with van der Waals surface area (Å²) in [6, 6.07) is 0. The third-order valence-corrected chi connectivity index (χ3v) is 2.75. The molecule has 0 fully saturated rings. The minimum absolute atomic E-state index is 0.183. The van der Waals surface area contributed by atoms with Crippen LogP contribution in [0.2, 0.25) is 0 Å². The average Bonchev–Trinajstić information content (AvgIpc) is 2.00. The van der Waals surface area contributed by atoms with Crippen molar-refractivity contribution < 1.29 is 5.11 Å². The Bertz CT molecular complexity index is 172. The lowest BCUT2D eigenvalue weighted by atomic mass is 9.73. The van der Waals surface area contributed by atoms with Crippen molar-refractivity contribution in [1.29, 1.82) is 0 Å². The van der Waals surface area contributed by atoms with Crippen molar-refractivity contribution in [3.05, 3.63) is 0 Å².